The van der Waals surface area contributed by atoms with Crippen molar-refractivity contribution < 1.29 is 28.3 Å². The molecule has 5 heterocycles. The van der Waals surface area contributed by atoms with Gasteiger partial charge in [0, 0.05) is 12.4 Å². The molecule has 13 heteroatoms. The van der Waals surface area contributed by atoms with E-state index in [1.165, 1.54) is 27.7 Å². The average molecular weight is 369 g/mol. The third-order valence-electron chi connectivity index (χ3n) is 4.33. The topological polar surface area (TPSA) is 153 Å². The molecule has 25 heavy (non-hydrogen) atoms. The van der Waals surface area contributed by atoms with Gasteiger partial charge in [-0.1, -0.05) is 0 Å². The minimum atomic E-state index is -4.21. The van der Waals surface area contributed by atoms with Crippen LogP contribution in [0.4, 0.5) is 0 Å². The number of aliphatic hydroxyl groups is 1. The summed E-state index contributed by atoms with van der Waals surface area (Å²) in [7, 11) is -4.21. The number of hydrogen-bond acceptors (Lipinski definition) is 8. The van der Waals surface area contributed by atoms with Gasteiger partial charge in [-0.25, -0.2) is 23.7 Å². The molecule has 0 aliphatic carbocycles. The molecule has 2 fully saturated rings. The standard InChI is InChI=1S/C12H12N5O7P/c18-7-8-5(3-22-25(20,21)24-8)23-11(7)17-4-14-6-9-13-1-2-16(9)12(19)15-10(6)17/h1-2,4-5,7-8,11,18H,3H2,(H,15,19)(H,20,21). The summed E-state index contributed by atoms with van der Waals surface area (Å²) < 4.78 is 29.6. The number of aliphatic hydroxyl groups excluding tert-OH is 1. The molecule has 2 aliphatic heterocycles. The quantitative estimate of drug-likeness (QED) is 0.465. The van der Waals surface area contributed by atoms with E-state index in [9.17, 15) is 19.4 Å². The lowest BCUT2D eigenvalue weighted by molar-refractivity contribution is -0.0664. The van der Waals surface area contributed by atoms with Crippen LogP contribution >= 0.6 is 7.82 Å². The van der Waals surface area contributed by atoms with Crippen LogP contribution in [0.1, 0.15) is 6.23 Å². The lowest BCUT2D eigenvalue weighted by atomic mass is 10.1. The zero-order chi connectivity index (χ0) is 17.3. The third kappa shape index (κ3) is 2.13. The number of fused-ring (bicyclic) bond motifs is 4. The number of nitrogens with one attached hydrogen (secondary N) is 1. The lowest BCUT2D eigenvalue weighted by Crippen LogP contribution is -2.39. The third-order valence-corrected chi connectivity index (χ3v) is 5.32. The van der Waals surface area contributed by atoms with Crippen LogP contribution in [0.3, 0.4) is 0 Å². The summed E-state index contributed by atoms with van der Waals surface area (Å²) in [6, 6.07) is 0. The van der Waals surface area contributed by atoms with Crippen LogP contribution in [0.25, 0.3) is 16.8 Å². The number of rotatable bonds is 1. The summed E-state index contributed by atoms with van der Waals surface area (Å²) in [4.78, 5) is 32.6. The molecule has 0 amide bonds. The predicted octanol–water partition coefficient (Wildman–Crippen LogP) is -0.854. The Morgan fingerprint density at radius 2 is 2.24 bits per heavy atom. The van der Waals surface area contributed by atoms with Gasteiger partial charge < -0.3 is 14.7 Å². The molecule has 5 unspecified atom stereocenters. The Hall–Kier alpha value is -2.08. The first kappa shape index (κ1) is 15.2. The second-order valence-corrected chi connectivity index (χ2v) is 7.20. The molecule has 3 aromatic rings. The molecule has 2 aliphatic rings. The van der Waals surface area contributed by atoms with Gasteiger partial charge in [0.15, 0.2) is 11.9 Å². The van der Waals surface area contributed by atoms with E-state index in [-0.39, 0.29) is 6.61 Å². The van der Waals surface area contributed by atoms with Crippen molar-refractivity contribution in [2.75, 3.05) is 6.61 Å². The number of imidazole rings is 2. The minimum absolute atomic E-state index is 0.195. The van der Waals surface area contributed by atoms with E-state index >= 15 is 0 Å². The van der Waals surface area contributed by atoms with Crippen LogP contribution in [0.2, 0.25) is 0 Å². The number of phosphoric acid groups is 1. The van der Waals surface area contributed by atoms with Crippen LogP contribution in [0.5, 0.6) is 0 Å². The van der Waals surface area contributed by atoms with Gasteiger partial charge in [0.1, 0.15) is 29.5 Å². The normalized spacial score (nSPS) is 35.4. The second-order valence-electron chi connectivity index (χ2n) is 5.79. The summed E-state index contributed by atoms with van der Waals surface area (Å²) in [5, 5.41) is 10.5. The van der Waals surface area contributed by atoms with Crippen molar-refractivity contribution in [3.8, 4) is 0 Å². The van der Waals surface area contributed by atoms with Crippen molar-refractivity contribution in [3.63, 3.8) is 0 Å². The van der Waals surface area contributed by atoms with Gasteiger partial charge in [-0.05, 0) is 0 Å². The first-order chi connectivity index (χ1) is 11.9. The van der Waals surface area contributed by atoms with E-state index in [1.807, 2.05) is 0 Å². The first-order valence-corrected chi connectivity index (χ1v) is 8.85. The predicted molar refractivity (Wildman–Crippen MR) is 79.7 cm³/mol. The number of nitrogens with zero attached hydrogens (tertiary/aromatic N) is 4. The van der Waals surface area contributed by atoms with Crippen LogP contribution in [0.15, 0.2) is 23.5 Å². The highest BCUT2D eigenvalue weighted by Crippen LogP contribution is 2.52. The maximum absolute atomic E-state index is 12.1. The minimum Gasteiger partial charge on any atom is -0.386 e. The Bertz CT molecular complexity index is 1090. The molecule has 5 atom stereocenters. The highest BCUT2D eigenvalue weighted by molar-refractivity contribution is 7.47. The summed E-state index contributed by atoms with van der Waals surface area (Å²) >= 11 is 0. The van der Waals surface area contributed by atoms with Gasteiger partial charge in [-0.15, -0.1) is 0 Å². The lowest BCUT2D eigenvalue weighted by Gasteiger charge is -2.27. The molecule has 2 saturated heterocycles. The Kier molecular flexibility index (Phi) is 3.02. The van der Waals surface area contributed by atoms with E-state index in [4.69, 9.17) is 13.8 Å². The van der Waals surface area contributed by atoms with Crippen LogP contribution in [-0.4, -0.2) is 58.8 Å². The van der Waals surface area contributed by atoms with Gasteiger partial charge in [0.05, 0.1) is 12.9 Å². The van der Waals surface area contributed by atoms with Crippen molar-refractivity contribution in [3.05, 3.63) is 29.2 Å². The zero-order valence-electron chi connectivity index (χ0n) is 12.4. The highest BCUT2D eigenvalue weighted by atomic mass is 31.2. The molecule has 0 radical (unpaired) electrons. The maximum Gasteiger partial charge on any atom is 0.472 e. The van der Waals surface area contributed by atoms with E-state index in [1.54, 1.807) is 0 Å². The van der Waals surface area contributed by atoms with Gasteiger partial charge in [-0.3, -0.25) is 18.6 Å². The van der Waals surface area contributed by atoms with E-state index in [2.05, 4.69) is 15.0 Å². The molecule has 3 N–H and O–H groups in total. The monoisotopic (exact) mass is 369 g/mol. The van der Waals surface area contributed by atoms with Gasteiger partial charge in [-0.2, -0.15) is 0 Å². The van der Waals surface area contributed by atoms with Gasteiger partial charge in [0.25, 0.3) is 0 Å². The Morgan fingerprint density at radius 3 is 3.08 bits per heavy atom. The summed E-state index contributed by atoms with van der Waals surface area (Å²) in [5.74, 6) is 0. The van der Waals surface area contributed by atoms with Crippen molar-refractivity contribution in [1.82, 2.24) is 23.9 Å². The number of H-pyrrole nitrogens is 1. The van der Waals surface area contributed by atoms with Gasteiger partial charge >= 0.3 is 13.5 Å². The fourth-order valence-electron chi connectivity index (χ4n) is 3.21. The number of hydrogen-bond donors (Lipinski definition) is 3. The van der Waals surface area contributed by atoms with E-state index in [0.717, 1.165) is 0 Å². The van der Waals surface area contributed by atoms with Crippen LogP contribution < -0.4 is 5.69 Å². The molecule has 0 bridgehead atoms. The van der Waals surface area contributed by atoms with Crippen molar-refractivity contribution in [2.24, 2.45) is 0 Å². The molecule has 3 aromatic heterocycles. The number of phosphoric ester groups is 1. The molecular formula is C12H12N5O7P. The molecule has 0 saturated carbocycles. The van der Waals surface area contributed by atoms with E-state index < -0.39 is 38.1 Å². The molecule has 5 rings (SSSR count). The average Bonchev–Trinajstić information content (AvgIpc) is 3.25. The maximum atomic E-state index is 12.1. The van der Waals surface area contributed by atoms with E-state index in [0.29, 0.717) is 16.8 Å². The fourth-order valence-corrected chi connectivity index (χ4v) is 4.18. The highest BCUT2D eigenvalue weighted by Gasteiger charge is 2.52. The van der Waals surface area contributed by atoms with Gasteiger partial charge in [0.2, 0.25) is 0 Å². The Labute approximate surface area is 138 Å². The number of aromatic amines is 1. The first-order valence-electron chi connectivity index (χ1n) is 7.36. The summed E-state index contributed by atoms with van der Waals surface area (Å²) in [6.07, 6.45) is 0.373. The Morgan fingerprint density at radius 1 is 1.40 bits per heavy atom. The summed E-state index contributed by atoms with van der Waals surface area (Å²) in [6.45, 7) is -0.195. The number of ether oxygens (including phenoxy) is 1. The molecular weight excluding hydrogens is 357 g/mol. The largest absolute Gasteiger partial charge is 0.472 e. The Balaban J connectivity index is 1.61. The zero-order valence-corrected chi connectivity index (χ0v) is 13.3. The fraction of sp³-hybridized carbons (Fsp3) is 0.417. The van der Waals surface area contributed by atoms with Crippen molar-refractivity contribution in [2.45, 2.75) is 24.5 Å². The van der Waals surface area contributed by atoms with Crippen LogP contribution in [-0.2, 0) is 18.3 Å². The molecule has 0 spiro atoms. The molecule has 12 nitrogen and oxygen atoms in total. The number of aromatic nitrogens is 5. The molecule has 132 valence electrons. The summed E-state index contributed by atoms with van der Waals surface area (Å²) in [5.41, 5.74) is 0.660. The molecule has 0 aromatic carbocycles. The van der Waals surface area contributed by atoms with Crippen molar-refractivity contribution in [1.29, 1.82) is 0 Å². The van der Waals surface area contributed by atoms with Crippen molar-refractivity contribution >= 4 is 24.6 Å². The smallest absolute Gasteiger partial charge is 0.386 e. The second kappa shape index (κ2) is 4.97. The van der Waals surface area contributed by atoms with Crippen LogP contribution in [0, 0.1) is 0 Å². The SMILES string of the molecule is O=c1[nH]c2c(ncn2C2OC3COP(=O)(O)OC3C2O)c2nccn12.